The average molecular weight is 1550 g/mol. The summed E-state index contributed by atoms with van der Waals surface area (Å²) >= 11 is -0.346. The van der Waals surface area contributed by atoms with E-state index in [0.29, 0.717) is 52.0 Å². The molecular weight excluding hydrogens is 1500 g/mol. The summed E-state index contributed by atoms with van der Waals surface area (Å²) in [5.74, 6) is -8.73. The molecule has 0 bridgehead atoms. The van der Waals surface area contributed by atoms with Crippen molar-refractivity contribution in [3.05, 3.63) is 191 Å². The van der Waals surface area contributed by atoms with Gasteiger partial charge in [-0.05, 0) is 131 Å². The first-order chi connectivity index (χ1) is 44.0. The summed E-state index contributed by atoms with van der Waals surface area (Å²) in [4.78, 5) is 138. The number of halogens is 3. The van der Waals surface area contributed by atoms with Crippen LogP contribution in [0.3, 0.4) is 0 Å². The van der Waals surface area contributed by atoms with Crippen LogP contribution in [0, 0.1) is 10.2 Å². The fraction of sp³-hybridized carbons (Fsp3) is 0.138. The first-order valence-electron chi connectivity index (χ1n) is 25.4. The van der Waals surface area contributed by atoms with Crippen LogP contribution in [0.5, 0.6) is 0 Å². The van der Waals surface area contributed by atoms with Crippen molar-refractivity contribution in [2.45, 2.75) is 52.7 Å². The number of rotatable bonds is 16. The van der Waals surface area contributed by atoms with Gasteiger partial charge in [0.05, 0.1) is 109 Å². The topological polar surface area (TPSA) is 568 Å². The van der Waals surface area contributed by atoms with Gasteiger partial charge >= 0.3 is 82.3 Å². The smallest absolute Gasteiger partial charge is 0 e. The van der Waals surface area contributed by atoms with Crippen molar-refractivity contribution in [2.24, 2.45) is 0 Å². The number of aromatic carboxylic acids is 8. The molecule has 10 N–H and O–H groups in total. The van der Waals surface area contributed by atoms with Crippen LogP contribution in [-0.2, 0) is 44.2 Å². The maximum absolute atomic E-state index is 10.8. The Morgan fingerprint density at radius 1 is 0.358 bits per heavy atom. The number of aliphatic hydroxyl groups is 2. The van der Waals surface area contributed by atoms with E-state index < -0.39 is 58.0 Å². The molecule has 37 heteroatoms. The second kappa shape index (κ2) is 43.9. The summed E-state index contributed by atoms with van der Waals surface area (Å²) in [6.45, 7) is 6.13. The van der Waals surface area contributed by atoms with E-state index in [1.807, 2.05) is 0 Å². The third-order valence-electron chi connectivity index (χ3n) is 10.3. The average Bonchev–Trinajstić information content (AvgIpc) is 0.882. The summed E-state index contributed by atoms with van der Waals surface area (Å²) in [7, 11) is 4.76. The third kappa shape index (κ3) is 35.7. The Labute approximate surface area is 567 Å². The van der Waals surface area contributed by atoms with Gasteiger partial charge in [0.1, 0.15) is 11.6 Å². The number of hydrogen-bond donors (Lipinski definition) is 10. The molecule has 8 heterocycles. The number of Topliss-reactive ketones (excluding diaryl/α,β-unsaturated/α-hetero) is 2. The van der Waals surface area contributed by atoms with E-state index in [0.717, 1.165) is 0 Å². The van der Waals surface area contributed by atoms with Crippen molar-refractivity contribution in [3.8, 4) is 45.6 Å². The number of carbonyl (C=O) groups is 10. The van der Waals surface area contributed by atoms with Gasteiger partial charge in [-0.15, -0.1) is 10.2 Å². The monoisotopic (exact) mass is 1550 g/mol. The number of carboxylic acid groups (broad SMARTS) is 8. The van der Waals surface area contributed by atoms with Crippen LogP contribution < -0.4 is 18.6 Å². The van der Waals surface area contributed by atoms with Gasteiger partial charge in [-0.3, -0.25) is 49.5 Å². The molecule has 0 spiro atoms. The van der Waals surface area contributed by atoms with E-state index in [-0.39, 0.29) is 109 Å². The van der Waals surface area contributed by atoms with Gasteiger partial charge in [0.2, 0.25) is 0 Å². The van der Waals surface area contributed by atoms with Crippen molar-refractivity contribution in [1.82, 2.24) is 39.9 Å². The van der Waals surface area contributed by atoms with Crippen LogP contribution >= 0.6 is 19.4 Å². The summed E-state index contributed by atoms with van der Waals surface area (Å²) in [5, 5.41) is 88.0. The summed E-state index contributed by atoms with van der Waals surface area (Å²) in [6.07, 6.45) is 10.5. The van der Waals surface area contributed by atoms with Gasteiger partial charge in [-0.2, -0.15) is 0 Å². The van der Waals surface area contributed by atoms with E-state index in [1.54, 1.807) is 13.8 Å². The Kier molecular flexibility index (Phi) is 39.4. The number of pyridine rings is 8. The number of nitrogens with zero attached hydrogens (tertiary/aromatic N) is 8. The molecule has 0 amide bonds. The van der Waals surface area contributed by atoms with Crippen LogP contribution in [-0.4, -0.2) is 162 Å². The maximum Gasteiger partial charge on any atom is 0 e. The first-order valence-corrected chi connectivity index (χ1v) is 31.1. The minimum atomic E-state index is -4.94. The molecule has 1 unspecified atom stereocenters. The van der Waals surface area contributed by atoms with Crippen LogP contribution in [0.4, 0.5) is 0 Å². The molecule has 32 nitrogen and oxygen atoms in total. The van der Waals surface area contributed by atoms with E-state index >= 15 is 0 Å². The number of hydrogen-bond acceptors (Lipinski definition) is 24. The zero-order valence-electron chi connectivity index (χ0n) is 49.0. The predicted octanol–water partition coefficient (Wildman–Crippen LogP) is 3.47. The van der Waals surface area contributed by atoms with Crippen LogP contribution in [0.15, 0.2) is 147 Å². The van der Waals surface area contributed by atoms with E-state index in [4.69, 9.17) is 89.1 Å². The molecule has 0 aliphatic rings. The largest absolute Gasteiger partial charge is 0.222 e. The number of aliphatic hydroxyl groups excluding tert-OH is 2. The Bertz CT molecular complexity index is 3240. The SMILES string of the molecule is CC(=O)CC(C)=O.CC(O)C[C@H](C)O.O=C(O)c1ccnc(-c2cc(C(=O)O)ccn2)c1.O=C(O)c1ccnc(-c2cc(C(=O)O)ccn2)c1.O=C(O)c1ccnc(-c2cc(C(=O)O)ccn2)c1.O=C(O)c1ccnc(-c2cc(C(=O)O)ccn2)c1.[Cl][Ru][Cl].[O-][Cl+3]([O-])([O-])[O-].[Ru]. The molecule has 95 heavy (non-hydrogen) atoms. The number of ketones is 2. The van der Waals surface area contributed by atoms with E-state index in [1.165, 1.54) is 160 Å². The summed E-state index contributed by atoms with van der Waals surface area (Å²) in [6, 6.07) is 21.6. The molecule has 0 saturated heterocycles. The number of carboxylic acids is 8. The minimum Gasteiger partial charge on any atom is -0.222 e. The number of carbonyl (C=O) groups excluding carboxylic acids is 2. The molecule has 0 saturated carbocycles. The van der Waals surface area contributed by atoms with Gasteiger partial charge in [0.25, 0.3) is 0 Å². The third-order valence-corrected chi connectivity index (χ3v) is 10.3. The van der Waals surface area contributed by atoms with Crippen LogP contribution in [0.25, 0.3) is 45.6 Å². The Morgan fingerprint density at radius 2 is 0.474 bits per heavy atom. The summed E-state index contributed by atoms with van der Waals surface area (Å²) < 4.78 is 34.0. The van der Waals surface area contributed by atoms with Gasteiger partial charge in [0.15, 0.2) is 0 Å². The van der Waals surface area contributed by atoms with Crippen LogP contribution in [0.2, 0.25) is 0 Å². The van der Waals surface area contributed by atoms with Gasteiger partial charge < -0.3 is 51.1 Å². The standard InChI is InChI=1S/4C12H8N2O4.C5H12O2.C5H8O2.ClHO4.2ClH.2Ru/c4*15-11(16)7-1-3-13-9(5-7)10-6-8(12(17)18)2-4-14-10;2*1-4(6)3-5(2)7;2-1(3,4)5;;;;/h4*1-6H,(H,15,16)(H,17,18);4-7H,3H2,1-2H3;3H2,1-2H3;(H,2,3,4,5);2*1H;;/q;;;;;;;;;;+2/p-3/t;;;;4-,5?;;;;;;/m....0....../s1. The molecule has 2 atom stereocenters. The second-order valence-corrected chi connectivity index (χ2v) is 21.2. The van der Waals surface area contributed by atoms with Crippen molar-refractivity contribution in [1.29, 1.82) is 0 Å². The van der Waals surface area contributed by atoms with E-state index in [9.17, 15) is 47.9 Å². The molecule has 0 aliphatic carbocycles. The first kappa shape index (κ1) is 85.2. The van der Waals surface area contributed by atoms with Crippen LogP contribution in [0.1, 0.15) is 123 Å². The quantitative estimate of drug-likeness (QED) is 0.0489. The zero-order valence-corrected chi connectivity index (χ0v) is 54.8. The van der Waals surface area contributed by atoms with E-state index in [2.05, 4.69) is 39.9 Å². The normalized spacial score (nSPS) is 10.4. The molecule has 506 valence electrons. The fourth-order valence-electron chi connectivity index (χ4n) is 6.47. The molecule has 0 fully saturated rings. The molecule has 0 radical (unpaired) electrons. The Hall–Kier alpha value is -9.82. The second-order valence-electron chi connectivity index (χ2n) is 17.8. The molecule has 0 aliphatic heterocycles. The van der Waals surface area contributed by atoms with Crippen molar-refractivity contribution in [2.75, 3.05) is 0 Å². The maximum atomic E-state index is 10.8. The Morgan fingerprint density at radius 3 is 0.537 bits per heavy atom. The molecule has 0 aromatic carbocycles. The van der Waals surface area contributed by atoms with Gasteiger partial charge in [0, 0.05) is 69.1 Å². The minimum absolute atomic E-state index is 0. The number of aromatic nitrogens is 8. The van der Waals surface area contributed by atoms with Crippen molar-refractivity contribution in [3.63, 3.8) is 0 Å². The molecule has 8 aromatic rings. The van der Waals surface area contributed by atoms with Gasteiger partial charge in [-0.25, -0.2) is 57.0 Å². The molecule has 8 aromatic heterocycles. The molecular formula is C58H52Cl3N8O24Ru2-. The molecule has 8 rings (SSSR count). The predicted molar refractivity (Wildman–Crippen MR) is 311 cm³/mol. The Balaban J connectivity index is 0.00000112. The van der Waals surface area contributed by atoms with Crippen molar-refractivity contribution < 1.29 is 163 Å². The fourth-order valence-corrected chi connectivity index (χ4v) is 6.47. The zero-order chi connectivity index (χ0) is 71.4. The van der Waals surface area contributed by atoms with Crippen molar-refractivity contribution >= 4 is 78.7 Å². The van der Waals surface area contributed by atoms with Gasteiger partial charge in [-0.1, -0.05) is 0 Å². The summed E-state index contributed by atoms with van der Waals surface area (Å²) in [5.41, 5.74) is 3.12.